The summed E-state index contributed by atoms with van der Waals surface area (Å²) in [5, 5.41) is 3.51. The van der Waals surface area contributed by atoms with Gasteiger partial charge in [-0.3, -0.25) is 0 Å². The molecular formula is C12H16N2O. The molecule has 2 aliphatic heterocycles. The predicted octanol–water partition coefficient (Wildman–Crippen LogP) is 1.25. The molecule has 1 N–H and O–H groups in total. The van der Waals surface area contributed by atoms with Gasteiger partial charge in [0.05, 0.1) is 7.11 Å². The van der Waals surface area contributed by atoms with Gasteiger partial charge in [-0.05, 0) is 30.7 Å². The smallest absolute Gasteiger partial charge is 0.119 e. The van der Waals surface area contributed by atoms with Gasteiger partial charge in [-0.1, -0.05) is 0 Å². The van der Waals surface area contributed by atoms with Gasteiger partial charge in [0.1, 0.15) is 5.75 Å². The second-order valence-corrected chi connectivity index (χ2v) is 4.35. The fourth-order valence-electron chi connectivity index (χ4n) is 2.65. The first-order valence-corrected chi connectivity index (χ1v) is 5.51. The van der Waals surface area contributed by atoms with Crippen molar-refractivity contribution in [3.63, 3.8) is 0 Å². The minimum Gasteiger partial charge on any atom is -0.497 e. The third-order valence-corrected chi connectivity index (χ3v) is 3.46. The fourth-order valence-corrected chi connectivity index (χ4v) is 2.65. The molecule has 3 rings (SSSR count). The average Bonchev–Trinajstić information content (AvgIpc) is 2.91. The first kappa shape index (κ1) is 9.04. The molecule has 0 unspecified atom stereocenters. The average molecular weight is 204 g/mol. The van der Waals surface area contributed by atoms with Crippen molar-refractivity contribution in [3.8, 4) is 5.75 Å². The van der Waals surface area contributed by atoms with Crippen molar-refractivity contribution < 1.29 is 4.74 Å². The highest BCUT2D eigenvalue weighted by Crippen LogP contribution is 2.30. The molecule has 0 amide bonds. The number of nitrogens with one attached hydrogen (secondary N) is 1. The lowest BCUT2D eigenvalue weighted by Gasteiger charge is -2.29. The maximum absolute atomic E-state index is 5.16. The van der Waals surface area contributed by atoms with Crippen LogP contribution in [0.3, 0.4) is 0 Å². The van der Waals surface area contributed by atoms with Crippen LogP contribution in [-0.4, -0.2) is 32.3 Å². The van der Waals surface area contributed by atoms with Gasteiger partial charge in [-0.15, -0.1) is 0 Å². The maximum atomic E-state index is 5.16. The van der Waals surface area contributed by atoms with E-state index in [1.807, 2.05) is 12.1 Å². The molecule has 0 aromatic heterocycles. The van der Waals surface area contributed by atoms with Crippen LogP contribution >= 0.6 is 0 Å². The summed E-state index contributed by atoms with van der Waals surface area (Å²) in [6.07, 6.45) is 1.30. The second-order valence-electron chi connectivity index (χ2n) is 4.35. The molecule has 15 heavy (non-hydrogen) atoms. The number of benzene rings is 1. The molecule has 1 aromatic carbocycles. The monoisotopic (exact) mass is 204 g/mol. The van der Waals surface area contributed by atoms with Crippen LogP contribution in [0.25, 0.3) is 0 Å². The molecule has 0 aliphatic carbocycles. The van der Waals surface area contributed by atoms with Crippen LogP contribution in [0.5, 0.6) is 5.75 Å². The molecule has 0 radical (unpaired) electrons. The summed E-state index contributed by atoms with van der Waals surface area (Å²) in [6, 6.07) is 9.78. The third-order valence-electron chi connectivity index (χ3n) is 3.46. The summed E-state index contributed by atoms with van der Waals surface area (Å²) >= 11 is 0. The quantitative estimate of drug-likeness (QED) is 0.784. The number of hydrogen-bond donors (Lipinski definition) is 1. The summed E-state index contributed by atoms with van der Waals surface area (Å²) in [4.78, 5) is 2.50. The summed E-state index contributed by atoms with van der Waals surface area (Å²) in [5.74, 6) is 0.932. The summed E-state index contributed by atoms with van der Waals surface area (Å²) in [5.41, 5.74) is 1.32. The molecular weight excluding hydrogens is 188 g/mol. The lowest BCUT2D eigenvalue weighted by Crippen LogP contribution is -2.43. The molecule has 3 heteroatoms. The van der Waals surface area contributed by atoms with Crippen LogP contribution < -0.4 is 15.0 Å². The van der Waals surface area contributed by atoms with Gasteiger partial charge < -0.3 is 15.0 Å². The number of rotatable bonds is 2. The first-order valence-electron chi connectivity index (χ1n) is 5.51. The van der Waals surface area contributed by atoms with Crippen molar-refractivity contribution in [1.29, 1.82) is 0 Å². The number of piperazine rings is 1. The van der Waals surface area contributed by atoms with E-state index in [1.165, 1.54) is 12.1 Å². The standard InChI is InChI=1S/C12H16N2O/c1-15-12-4-2-10(3-5-12)14-8-9-6-11(14)7-13-9/h2-5,9,11,13H,6-8H2,1H3/t9-,11-/m1/s1. The van der Waals surface area contributed by atoms with Crippen molar-refractivity contribution in [2.45, 2.75) is 18.5 Å². The Morgan fingerprint density at radius 2 is 2.13 bits per heavy atom. The Morgan fingerprint density at radius 3 is 2.67 bits per heavy atom. The highest BCUT2D eigenvalue weighted by atomic mass is 16.5. The second kappa shape index (κ2) is 3.42. The zero-order valence-electron chi connectivity index (χ0n) is 8.94. The summed E-state index contributed by atoms with van der Waals surface area (Å²) in [6.45, 7) is 2.29. The molecule has 1 aromatic rings. The van der Waals surface area contributed by atoms with Crippen molar-refractivity contribution in [2.24, 2.45) is 0 Å². The van der Waals surface area contributed by atoms with Crippen LogP contribution in [0.15, 0.2) is 24.3 Å². The van der Waals surface area contributed by atoms with E-state index in [0.717, 1.165) is 18.8 Å². The maximum Gasteiger partial charge on any atom is 0.119 e. The molecule has 2 saturated heterocycles. The van der Waals surface area contributed by atoms with Crippen molar-refractivity contribution >= 4 is 5.69 Å². The van der Waals surface area contributed by atoms with E-state index in [4.69, 9.17) is 4.74 Å². The molecule has 0 spiro atoms. The molecule has 0 saturated carbocycles. The van der Waals surface area contributed by atoms with Crippen molar-refractivity contribution in [3.05, 3.63) is 24.3 Å². The number of fused-ring (bicyclic) bond motifs is 2. The Balaban J connectivity index is 1.81. The van der Waals surface area contributed by atoms with Crippen molar-refractivity contribution in [1.82, 2.24) is 5.32 Å². The topological polar surface area (TPSA) is 24.5 Å². The Labute approximate surface area is 90.0 Å². The van der Waals surface area contributed by atoms with Crippen LogP contribution in [0.4, 0.5) is 5.69 Å². The van der Waals surface area contributed by atoms with Crippen molar-refractivity contribution in [2.75, 3.05) is 25.1 Å². The highest BCUT2D eigenvalue weighted by molar-refractivity contribution is 5.52. The molecule has 2 heterocycles. The SMILES string of the molecule is COc1ccc(N2C[C@H]3C[C@@H]2CN3)cc1. The Hall–Kier alpha value is -1.22. The molecule has 2 fully saturated rings. The molecule has 2 atom stereocenters. The Bertz CT molecular complexity index is 349. The van der Waals surface area contributed by atoms with Gasteiger partial charge in [0, 0.05) is 30.9 Å². The van der Waals surface area contributed by atoms with Gasteiger partial charge in [-0.2, -0.15) is 0 Å². The fraction of sp³-hybridized carbons (Fsp3) is 0.500. The number of methoxy groups -OCH3 is 1. The van der Waals surface area contributed by atoms with Crippen LogP contribution in [0.1, 0.15) is 6.42 Å². The minimum atomic E-state index is 0.698. The first-order chi connectivity index (χ1) is 7.36. The number of nitrogens with zero attached hydrogens (tertiary/aromatic N) is 1. The zero-order chi connectivity index (χ0) is 10.3. The van der Waals surface area contributed by atoms with Gasteiger partial charge in [-0.25, -0.2) is 0 Å². The van der Waals surface area contributed by atoms with E-state index in [-0.39, 0.29) is 0 Å². The van der Waals surface area contributed by atoms with E-state index in [0.29, 0.717) is 12.1 Å². The Morgan fingerprint density at radius 1 is 1.33 bits per heavy atom. The molecule has 3 nitrogen and oxygen atoms in total. The largest absolute Gasteiger partial charge is 0.497 e. The lowest BCUT2D eigenvalue weighted by atomic mass is 10.2. The zero-order valence-corrected chi connectivity index (χ0v) is 8.94. The predicted molar refractivity (Wildman–Crippen MR) is 60.5 cm³/mol. The van der Waals surface area contributed by atoms with Crippen LogP contribution in [0, 0.1) is 0 Å². The van der Waals surface area contributed by atoms with E-state index in [9.17, 15) is 0 Å². The summed E-state index contributed by atoms with van der Waals surface area (Å²) < 4.78 is 5.16. The number of hydrogen-bond acceptors (Lipinski definition) is 3. The molecule has 80 valence electrons. The Kier molecular flexibility index (Phi) is 2.06. The van der Waals surface area contributed by atoms with Gasteiger partial charge in [0.25, 0.3) is 0 Å². The van der Waals surface area contributed by atoms with Gasteiger partial charge in [0.2, 0.25) is 0 Å². The molecule has 2 bridgehead atoms. The van der Waals surface area contributed by atoms with Crippen LogP contribution in [0.2, 0.25) is 0 Å². The number of ether oxygens (including phenoxy) is 1. The van der Waals surface area contributed by atoms with Gasteiger partial charge in [0.15, 0.2) is 0 Å². The van der Waals surface area contributed by atoms with Crippen LogP contribution in [-0.2, 0) is 0 Å². The third kappa shape index (κ3) is 1.47. The van der Waals surface area contributed by atoms with Gasteiger partial charge >= 0.3 is 0 Å². The minimum absolute atomic E-state index is 0.698. The summed E-state index contributed by atoms with van der Waals surface area (Å²) in [7, 11) is 1.71. The van der Waals surface area contributed by atoms with E-state index < -0.39 is 0 Å². The number of anilines is 1. The normalized spacial score (nSPS) is 28.5. The lowest BCUT2D eigenvalue weighted by molar-refractivity contribution is 0.414. The van der Waals surface area contributed by atoms with E-state index in [2.05, 4.69) is 22.3 Å². The highest BCUT2D eigenvalue weighted by Gasteiger charge is 2.37. The van der Waals surface area contributed by atoms with E-state index in [1.54, 1.807) is 7.11 Å². The molecule has 2 aliphatic rings. The van der Waals surface area contributed by atoms with E-state index >= 15 is 0 Å².